The van der Waals surface area contributed by atoms with E-state index in [1.807, 2.05) is 24.5 Å². The van der Waals surface area contributed by atoms with Gasteiger partial charge in [-0.1, -0.05) is 60.7 Å². The summed E-state index contributed by atoms with van der Waals surface area (Å²) in [4.78, 5) is 4.54. The molecule has 0 radical (unpaired) electrons. The van der Waals surface area contributed by atoms with E-state index in [9.17, 15) is 52.7 Å². The zero-order valence-electron chi connectivity index (χ0n) is 32.9. The molecule has 5 aromatic carbocycles. The second-order valence-electron chi connectivity index (χ2n) is 14.5. The summed E-state index contributed by atoms with van der Waals surface area (Å²) in [5.74, 6) is -71.4. The molecule has 0 spiro atoms. The van der Waals surface area contributed by atoms with E-state index in [2.05, 4.69) is 76.4 Å². The lowest BCUT2D eigenvalue weighted by atomic mass is 9.12. The molecule has 0 amide bonds. The monoisotopic (exact) mass is 976 g/mol. The van der Waals surface area contributed by atoms with Crippen LogP contribution < -0.4 is 26.4 Å². The lowest BCUT2D eigenvalue weighted by Gasteiger charge is -2.44. The minimum Gasteiger partial charge on any atom is -0.244 e. The predicted octanol–water partition coefficient (Wildman–Crippen LogP) is 10.0. The molecule has 1 heterocycles. The van der Waals surface area contributed by atoms with Gasteiger partial charge in [0.1, 0.15) is 58.4 Å². The maximum atomic E-state index is 15.4. The van der Waals surface area contributed by atoms with Crippen LogP contribution in [0.3, 0.4) is 0 Å². The topological polar surface area (TPSA) is 16.8 Å². The van der Waals surface area contributed by atoms with Crippen molar-refractivity contribution in [2.45, 2.75) is 6.54 Å². The Morgan fingerprint density at radius 3 is 0.926 bits per heavy atom. The smallest absolute Gasteiger partial charge is 0.200 e. The van der Waals surface area contributed by atoms with E-state index < -0.39 is 144 Å². The molecule has 0 atom stereocenters. The lowest BCUT2D eigenvalue weighted by molar-refractivity contribution is -0.688. The Hall–Kier alpha value is -7.46. The molecule has 23 heteroatoms. The van der Waals surface area contributed by atoms with Crippen molar-refractivity contribution in [3.63, 3.8) is 0 Å². The summed E-state index contributed by atoms with van der Waals surface area (Å²) < 4.78 is 296. The number of aromatic nitrogens is 2. The van der Waals surface area contributed by atoms with Gasteiger partial charge in [0.2, 0.25) is 0 Å². The van der Waals surface area contributed by atoms with E-state index in [0.717, 1.165) is 17.8 Å². The quantitative estimate of drug-likeness (QED) is 0.0512. The molecule has 0 unspecified atom stereocenters. The van der Waals surface area contributed by atoms with Crippen LogP contribution in [0.4, 0.5) is 87.8 Å². The van der Waals surface area contributed by atoms with Gasteiger partial charge in [0.15, 0.2) is 88.7 Å². The molecule has 0 saturated carbocycles. The largest absolute Gasteiger partial charge is 0.244 e. The van der Waals surface area contributed by atoms with Crippen LogP contribution in [0.5, 0.6) is 0 Å². The van der Waals surface area contributed by atoms with Crippen LogP contribution in [0.25, 0.3) is 22.4 Å². The van der Waals surface area contributed by atoms with Crippen molar-refractivity contribution < 1.29 is 92.4 Å². The van der Waals surface area contributed by atoms with Gasteiger partial charge < -0.3 is 0 Å². The Balaban J connectivity index is 0.000000246. The van der Waals surface area contributed by atoms with Crippen molar-refractivity contribution in [2.75, 3.05) is 0 Å². The van der Waals surface area contributed by atoms with Crippen molar-refractivity contribution >= 4 is 28.0 Å². The molecular weight excluding hydrogens is 959 g/mol. The highest BCUT2D eigenvalue weighted by molar-refractivity contribution is 7.20. The summed E-state index contributed by atoms with van der Waals surface area (Å²) in [7, 11) is 0. The fourth-order valence-electron chi connectivity index (χ4n) is 7.71. The molecule has 2 nitrogen and oxygen atoms in total. The minimum absolute atomic E-state index is 0.853. The third kappa shape index (κ3) is 7.71. The highest BCUT2D eigenvalue weighted by atomic mass is 19.2. The third-order valence-electron chi connectivity index (χ3n) is 10.7. The standard InChI is InChI=1S/C24BF20.C21H17N2/c26-5-1(6(27)14(35)21(42)13(5)34)25(2-7(28)15(36)22(43)16(37)8(2)29,3-9(30)17(38)23(44)18(39)10(3)31)4-11(32)19(40)24(45)20(41)12(4)33;1-3-7-17(8-4-1)15-23-12-11-22-21(16-23)20-13-18-9-5-2-6-10-19(18)14-20/h;1-14,16H,15H2/q-1;+1. The summed E-state index contributed by atoms with van der Waals surface area (Å²) in [5.41, 5.74) is -8.40. The van der Waals surface area contributed by atoms with Crippen molar-refractivity contribution in [2.24, 2.45) is 0 Å². The van der Waals surface area contributed by atoms with Crippen LogP contribution >= 0.6 is 0 Å². The first kappa shape index (κ1) is 48.5. The van der Waals surface area contributed by atoms with Crippen molar-refractivity contribution in [1.82, 2.24) is 4.98 Å². The number of hydrogen-bond donors (Lipinski definition) is 0. The fraction of sp³-hybridized carbons (Fsp3) is 0.0222. The van der Waals surface area contributed by atoms with Gasteiger partial charge >= 0.3 is 0 Å². The average molecular weight is 976 g/mol. The van der Waals surface area contributed by atoms with Crippen molar-refractivity contribution in [1.29, 1.82) is 0 Å². The van der Waals surface area contributed by atoms with Crippen LogP contribution in [0.2, 0.25) is 0 Å². The van der Waals surface area contributed by atoms with Crippen molar-refractivity contribution in [3.8, 4) is 22.4 Å². The van der Waals surface area contributed by atoms with Crippen molar-refractivity contribution in [3.05, 3.63) is 213 Å². The molecule has 2 aliphatic rings. The summed E-state index contributed by atoms with van der Waals surface area (Å²) in [6.45, 7) is 0.853. The number of nitrogens with zero attached hydrogens (tertiary/aromatic N) is 2. The van der Waals surface area contributed by atoms with Gasteiger partial charge in [0.25, 0.3) is 0 Å². The van der Waals surface area contributed by atoms with Crippen LogP contribution in [0.1, 0.15) is 5.56 Å². The summed E-state index contributed by atoms with van der Waals surface area (Å²) in [6.07, 6.45) is -1.22. The minimum atomic E-state index is -7.22. The molecule has 350 valence electrons. The zero-order chi connectivity index (χ0) is 49.8. The first-order valence-electron chi connectivity index (χ1n) is 18.7. The molecule has 0 bridgehead atoms. The highest BCUT2D eigenvalue weighted by Gasteiger charge is 2.52. The molecule has 1 aromatic heterocycles. The van der Waals surface area contributed by atoms with Gasteiger partial charge in [-0.2, -0.15) is 4.57 Å². The van der Waals surface area contributed by atoms with E-state index in [0.29, 0.717) is 0 Å². The third-order valence-corrected chi connectivity index (χ3v) is 10.7. The zero-order valence-corrected chi connectivity index (χ0v) is 32.9. The summed E-state index contributed by atoms with van der Waals surface area (Å²) >= 11 is 0. The molecule has 6 aromatic rings. The Bertz CT molecular complexity index is 2860. The molecule has 0 fully saturated rings. The molecule has 0 saturated heterocycles. The van der Waals surface area contributed by atoms with E-state index in [-0.39, 0.29) is 0 Å². The van der Waals surface area contributed by atoms with Gasteiger partial charge in [-0.15, -0.1) is 21.9 Å². The molecule has 68 heavy (non-hydrogen) atoms. The number of rotatable bonds is 7. The Morgan fingerprint density at radius 1 is 0.338 bits per heavy atom. The van der Waals surface area contributed by atoms with Gasteiger partial charge in [-0.3, -0.25) is 0 Å². The molecular formula is C45H17BF20N2. The van der Waals surface area contributed by atoms with E-state index in [1.165, 1.54) is 16.7 Å². The van der Waals surface area contributed by atoms with Crippen LogP contribution in [0, 0.1) is 116 Å². The summed E-state index contributed by atoms with van der Waals surface area (Å²) in [6, 6.07) is 25.3. The van der Waals surface area contributed by atoms with Crippen LogP contribution in [-0.4, -0.2) is 11.1 Å². The first-order chi connectivity index (χ1) is 32.1. The predicted molar refractivity (Wildman–Crippen MR) is 201 cm³/mol. The number of hydrogen-bond acceptors (Lipinski definition) is 1. The molecule has 8 rings (SSSR count). The maximum absolute atomic E-state index is 15.4. The van der Waals surface area contributed by atoms with E-state index in [1.54, 1.807) is 0 Å². The van der Waals surface area contributed by atoms with Gasteiger partial charge in [-0.25, -0.2) is 92.8 Å². The van der Waals surface area contributed by atoms with Crippen LogP contribution in [0.15, 0.2) is 91.4 Å². The molecule has 0 aliphatic heterocycles. The lowest BCUT2D eigenvalue weighted by Crippen LogP contribution is -2.81. The normalized spacial score (nSPS) is 11.6. The second-order valence-corrected chi connectivity index (χ2v) is 14.5. The SMILES string of the molecule is Fc1c(F)c(F)c([B-](c2c(F)c(F)c(F)c(F)c2F)(c2c(F)c(F)c(F)c(F)c2F)c2c(F)c(F)c(F)c(F)c2F)c(F)c1F.c1ccc(C[n+]2ccnc(-c3cc4cccccc-4c3)c2)cc1. The molecule has 0 N–H and O–H groups in total. The van der Waals surface area contributed by atoms with Gasteiger partial charge in [-0.05, 0) is 23.3 Å². The number of benzene rings is 5. The second kappa shape index (κ2) is 18.3. The first-order valence-corrected chi connectivity index (χ1v) is 18.7. The highest BCUT2D eigenvalue weighted by Crippen LogP contribution is 2.32. The fourth-order valence-corrected chi connectivity index (χ4v) is 7.71. The summed E-state index contributed by atoms with van der Waals surface area (Å²) in [5, 5.41) is 0. The number of halogens is 20. The van der Waals surface area contributed by atoms with Crippen LogP contribution in [-0.2, 0) is 6.54 Å². The van der Waals surface area contributed by atoms with Gasteiger partial charge in [0, 0.05) is 11.1 Å². The van der Waals surface area contributed by atoms with E-state index in [4.69, 9.17) is 0 Å². The Kier molecular flexibility index (Phi) is 13.1. The Labute approximate surface area is 367 Å². The van der Waals surface area contributed by atoms with E-state index >= 15 is 35.1 Å². The average Bonchev–Trinajstić information content (AvgIpc) is 3.61. The van der Waals surface area contributed by atoms with Gasteiger partial charge in [0.05, 0.1) is 6.20 Å². The Morgan fingerprint density at radius 2 is 0.618 bits per heavy atom. The molecule has 2 aliphatic carbocycles. The number of fused-ring (bicyclic) bond motifs is 1. The maximum Gasteiger partial charge on any atom is 0.200 e.